The Bertz CT molecular complexity index is 888. The van der Waals surface area contributed by atoms with E-state index >= 15 is 0 Å². The minimum absolute atomic E-state index is 0.0701. The summed E-state index contributed by atoms with van der Waals surface area (Å²) in [5.41, 5.74) is 6.17. The summed E-state index contributed by atoms with van der Waals surface area (Å²) in [5, 5.41) is 30.4. The Labute approximate surface area is 172 Å². The molecule has 0 aromatic heterocycles. The molecule has 0 aromatic rings. The summed E-state index contributed by atoms with van der Waals surface area (Å²) >= 11 is 2.70. The van der Waals surface area contributed by atoms with Gasteiger partial charge in [0.15, 0.2) is 0 Å². The lowest BCUT2D eigenvalue weighted by atomic mass is 10.0. The Hall–Kier alpha value is -2.06. The topological polar surface area (TPSA) is 174 Å². The van der Waals surface area contributed by atoms with Gasteiger partial charge in [-0.3, -0.25) is 24.7 Å². The van der Waals surface area contributed by atoms with Crippen LogP contribution < -0.4 is 11.1 Å². The quantitative estimate of drug-likeness (QED) is 0.282. The fourth-order valence-electron chi connectivity index (χ4n) is 3.81. The van der Waals surface area contributed by atoms with E-state index < -0.39 is 53.2 Å². The lowest BCUT2D eigenvalue weighted by molar-refractivity contribution is -0.149. The van der Waals surface area contributed by atoms with Crippen molar-refractivity contribution in [2.45, 2.75) is 22.8 Å². The fourth-order valence-corrected chi connectivity index (χ4v) is 6.47. The highest BCUT2D eigenvalue weighted by molar-refractivity contribution is 8.00. The Kier molecular flexibility index (Phi) is 5.11. The van der Waals surface area contributed by atoms with Gasteiger partial charge in [-0.1, -0.05) is 0 Å². The number of carbonyl (C=O) groups is 4. The van der Waals surface area contributed by atoms with Crippen molar-refractivity contribution in [2.24, 2.45) is 5.73 Å². The van der Waals surface area contributed by atoms with Crippen LogP contribution in [-0.4, -0.2) is 96.4 Å². The third kappa shape index (κ3) is 2.95. The van der Waals surface area contributed by atoms with E-state index in [0.29, 0.717) is 11.3 Å². The second-order valence-corrected chi connectivity index (χ2v) is 9.09. The maximum absolute atomic E-state index is 12.5. The molecule has 29 heavy (non-hydrogen) atoms. The number of nitrogens with two attached hydrogens (primary N) is 1. The molecule has 4 aliphatic rings. The zero-order valence-corrected chi connectivity index (χ0v) is 16.5. The monoisotopic (exact) mass is 442 g/mol. The van der Waals surface area contributed by atoms with E-state index in [1.165, 1.54) is 28.4 Å². The van der Waals surface area contributed by atoms with Crippen molar-refractivity contribution in [1.29, 1.82) is 0 Å². The van der Waals surface area contributed by atoms with Gasteiger partial charge in [-0.05, 0) is 11.1 Å². The molecule has 2 saturated heterocycles. The molecule has 0 aromatic carbocycles. The van der Waals surface area contributed by atoms with Crippen LogP contribution in [0.25, 0.3) is 0 Å². The molecule has 0 radical (unpaired) electrons. The van der Waals surface area contributed by atoms with Gasteiger partial charge < -0.3 is 21.1 Å². The molecule has 0 aliphatic carbocycles. The SMILES string of the molecule is N[C@@H]1C(=O)N2C(C(=O)O)=C(CN[C@@H]3C(=O)N4C(C(=O)O)=C(CO)CS[C@H]34)CS[C@H]12. The maximum atomic E-state index is 12.5. The number of hydrogen-bond donors (Lipinski definition) is 5. The Morgan fingerprint density at radius 2 is 1.55 bits per heavy atom. The third-order valence-corrected chi connectivity index (χ3v) is 7.97. The summed E-state index contributed by atoms with van der Waals surface area (Å²) in [6.45, 7) is -0.372. The number of fused-ring (bicyclic) bond motifs is 2. The van der Waals surface area contributed by atoms with Crippen molar-refractivity contribution < 1.29 is 34.5 Å². The van der Waals surface area contributed by atoms with Crippen LogP contribution in [0.2, 0.25) is 0 Å². The van der Waals surface area contributed by atoms with Crippen LogP contribution in [0.1, 0.15) is 0 Å². The van der Waals surface area contributed by atoms with Gasteiger partial charge in [-0.15, -0.1) is 23.5 Å². The van der Waals surface area contributed by atoms with Gasteiger partial charge in [0.1, 0.15) is 34.2 Å². The molecule has 13 heteroatoms. The van der Waals surface area contributed by atoms with Crippen LogP contribution >= 0.6 is 23.5 Å². The van der Waals surface area contributed by atoms with Gasteiger partial charge in [-0.2, -0.15) is 0 Å². The number of aliphatic hydroxyl groups excluding tert-OH is 1. The predicted octanol–water partition coefficient (Wildman–Crippen LogP) is -2.23. The molecule has 4 atom stereocenters. The highest BCUT2D eigenvalue weighted by atomic mass is 32.2. The van der Waals surface area contributed by atoms with Gasteiger partial charge in [0.25, 0.3) is 0 Å². The molecule has 0 saturated carbocycles. The number of carbonyl (C=O) groups excluding carboxylic acids is 2. The molecule has 4 heterocycles. The number of carboxylic acid groups (broad SMARTS) is 2. The van der Waals surface area contributed by atoms with E-state index in [4.69, 9.17) is 5.73 Å². The van der Waals surface area contributed by atoms with Crippen molar-refractivity contribution in [2.75, 3.05) is 24.7 Å². The molecule has 4 rings (SSSR count). The number of hydrogen-bond acceptors (Lipinski definition) is 9. The highest BCUT2D eigenvalue weighted by Crippen LogP contribution is 2.41. The molecule has 6 N–H and O–H groups in total. The summed E-state index contributed by atoms with van der Waals surface area (Å²) in [5.74, 6) is -2.77. The predicted molar refractivity (Wildman–Crippen MR) is 102 cm³/mol. The number of nitrogens with zero attached hydrogens (tertiary/aromatic N) is 2. The summed E-state index contributed by atoms with van der Waals surface area (Å²) in [6.07, 6.45) is 0. The standard InChI is InChI=1S/C16H18N4O7S2/c17-7-11(22)19-9(15(24)25)5(3-28-13(7)19)1-18-8-12(23)20-10(16(26)27)6(2-21)4-29-14(8)20/h7-8,13-14,18,21H,1-4,17H2,(H,24,25)(H,26,27)/t7-,8-,13-,14-/m1/s1. The summed E-state index contributed by atoms with van der Waals surface area (Å²) in [7, 11) is 0. The Morgan fingerprint density at radius 3 is 2.17 bits per heavy atom. The second-order valence-electron chi connectivity index (χ2n) is 6.88. The largest absolute Gasteiger partial charge is 0.477 e. The lowest BCUT2D eigenvalue weighted by Crippen LogP contribution is -2.70. The van der Waals surface area contributed by atoms with Crippen molar-refractivity contribution in [3.05, 3.63) is 22.5 Å². The summed E-state index contributed by atoms with van der Waals surface area (Å²) < 4.78 is 0. The third-order valence-electron chi connectivity index (χ3n) is 5.27. The second kappa shape index (κ2) is 7.32. The molecule has 11 nitrogen and oxygen atoms in total. The number of aliphatic carboxylic acids is 2. The summed E-state index contributed by atoms with van der Waals surface area (Å²) in [4.78, 5) is 50.1. The van der Waals surface area contributed by atoms with Gasteiger partial charge >= 0.3 is 11.9 Å². The zero-order valence-electron chi connectivity index (χ0n) is 14.9. The number of thioether (sulfide) groups is 2. The molecule has 156 valence electrons. The van der Waals surface area contributed by atoms with Crippen LogP contribution in [0.4, 0.5) is 0 Å². The minimum Gasteiger partial charge on any atom is -0.477 e. The van der Waals surface area contributed by atoms with Crippen molar-refractivity contribution >= 4 is 47.3 Å². The first kappa shape index (κ1) is 20.2. The van der Waals surface area contributed by atoms with E-state index in [-0.39, 0.29) is 29.3 Å². The molecule has 0 bridgehead atoms. The number of carboxylic acids is 2. The molecular formula is C16H18N4O7S2. The number of nitrogens with one attached hydrogen (secondary N) is 1. The minimum atomic E-state index is -1.27. The average Bonchev–Trinajstić information content (AvgIpc) is 2.71. The Morgan fingerprint density at radius 1 is 1.00 bits per heavy atom. The van der Waals surface area contributed by atoms with E-state index in [1.807, 2.05) is 0 Å². The normalized spacial score (nSPS) is 31.2. The lowest BCUT2D eigenvalue weighted by Gasteiger charge is -2.50. The van der Waals surface area contributed by atoms with Gasteiger partial charge in [0.05, 0.1) is 6.61 Å². The van der Waals surface area contributed by atoms with E-state index in [0.717, 1.165) is 4.90 Å². The van der Waals surface area contributed by atoms with Gasteiger partial charge in [0.2, 0.25) is 11.8 Å². The van der Waals surface area contributed by atoms with Gasteiger partial charge in [-0.25, -0.2) is 9.59 Å². The number of rotatable bonds is 6. The number of amides is 2. The van der Waals surface area contributed by atoms with E-state index in [1.54, 1.807) is 0 Å². The van der Waals surface area contributed by atoms with Crippen LogP contribution in [0.3, 0.4) is 0 Å². The maximum Gasteiger partial charge on any atom is 0.352 e. The van der Waals surface area contributed by atoms with E-state index in [2.05, 4.69) is 5.32 Å². The molecule has 2 amide bonds. The van der Waals surface area contributed by atoms with Crippen molar-refractivity contribution in [1.82, 2.24) is 15.1 Å². The number of aliphatic hydroxyl groups is 1. The summed E-state index contributed by atoms with van der Waals surface area (Å²) in [6, 6.07) is -1.40. The first-order chi connectivity index (χ1) is 13.8. The van der Waals surface area contributed by atoms with Crippen LogP contribution in [-0.2, 0) is 19.2 Å². The first-order valence-electron chi connectivity index (χ1n) is 8.67. The Balaban J connectivity index is 1.50. The first-order valence-corrected chi connectivity index (χ1v) is 10.8. The molecule has 0 unspecified atom stereocenters. The smallest absolute Gasteiger partial charge is 0.352 e. The van der Waals surface area contributed by atoms with Crippen molar-refractivity contribution in [3.63, 3.8) is 0 Å². The van der Waals surface area contributed by atoms with Crippen LogP contribution in [0.5, 0.6) is 0 Å². The molecule has 0 spiro atoms. The molecule has 4 aliphatic heterocycles. The number of β-lactam (4-membered cyclic amide) rings is 2. The van der Waals surface area contributed by atoms with E-state index in [9.17, 15) is 34.5 Å². The van der Waals surface area contributed by atoms with Crippen LogP contribution in [0.15, 0.2) is 22.5 Å². The molecule has 2 fully saturated rings. The molecular weight excluding hydrogens is 424 g/mol. The van der Waals surface area contributed by atoms with Gasteiger partial charge in [0, 0.05) is 18.1 Å². The highest BCUT2D eigenvalue weighted by Gasteiger charge is 2.54. The zero-order chi connectivity index (χ0) is 21.0. The fraction of sp³-hybridized carbons (Fsp3) is 0.500. The van der Waals surface area contributed by atoms with Crippen LogP contribution in [0, 0.1) is 0 Å². The van der Waals surface area contributed by atoms with Crippen molar-refractivity contribution in [3.8, 4) is 0 Å². The average molecular weight is 442 g/mol.